The fraction of sp³-hybridized carbons (Fsp3) is 0.462. The third-order valence-corrected chi connectivity index (χ3v) is 9.08. The van der Waals surface area contributed by atoms with Crippen LogP contribution in [0.5, 0.6) is 0 Å². The number of sulfonamides is 1. The second-order valence-electron chi connectivity index (χ2n) is 9.35. The molecule has 1 aliphatic heterocycles. The third kappa shape index (κ3) is 4.98. The minimum absolute atomic E-state index is 0.0617. The molecule has 1 aromatic carbocycles. The van der Waals surface area contributed by atoms with E-state index in [2.05, 4.69) is 33.7 Å². The highest BCUT2D eigenvalue weighted by Gasteiger charge is 2.32. The van der Waals surface area contributed by atoms with Crippen molar-refractivity contribution in [3.8, 4) is 0 Å². The van der Waals surface area contributed by atoms with E-state index in [1.807, 2.05) is 38.1 Å². The summed E-state index contributed by atoms with van der Waals surface area (Å²) in [6.07, 6.45) is 0.653. The van der Waals surface area contributed by atoms with Gasteiger partial charge in [0.05, 0.1) is 12.6 Å². The molecular weight excluding hydrogens is 464 g/mol. The predicted molar refractivity (Wildman–Crippen MR) is 134 cm³/mol. The zero-order chi connectivity index (χ0) is 25.3. The maximum Gasteiger partial charge on any atom is 0.248 e. The number of hydrogen-bond donors (Lipinski definition) is 0. The molecule has 0 N–H and O–H groups in total. The summed E-state index contributed by atoms with van der Waals surface area (Å²) < 4.78 is 35.2. The van der Waals surface area contributed by atoms with Crippen LogP contribution in [0.1, 0.15) is 58.1 Å². The normalized spacial score (nSPS) is 16.8. The van der Waals surface area contributed by atoms with Crippen LogP contribution >= 0.6 is 0 Å². The topological polar surface area (TPSA) is 88.7 Å². The van der Waals surface area contributed by atoms with Gasteiger partial charge in [0.15, 0.2) is 11.5 Å². The van der Waals surface area contributed by atoms with Gasteiger partial charge in [0, 0.05) is 36.6 Å². The first kappa shape index (κ1) is 25.3. The zero-order valence-electron chi connectivity index (χ0n) is 21.1. The van der Waals surface area contributed by atoms with Crippen LogP contribution < -0.4 is 0 Å². The number of Topliss-reactive ketones (excluding diaryl/α,β-unsaturated/α-hetero) is 1. The fourth-order valence-corrected chi connectivity index (χ4v) is 6.90. The molecule has 1 aliphatic rings. The van der Waals surface area contributed by atoms with Gasteiger partial charge in [0.25, 0.3) is 0 Å². The fourth-order valence-electron chi connectivity index (χ4n) is 5.14. The number of carbonyl (C=O) groups is 1. The minimum atomic E-state index is -3.69. The number of carbonyl (C=O) groups excluding carboxylic acids is 1. The maximum atomic E-state index is 13.3. The van der Waals surface area contributed by atoms with Crippen LogP contribution in [-0.4, -0.2) is 65.9 Å². The highest BCUT2D eigenvalue weighted by molar-refractivity contribution is 7.89. The second kappa shape index (κ2) is 10.1. The summed E-state index contributed by atoms with van der Waals surface area (Å²) in [5, 5.41) is 3.80. The van der Waals surface area contributed by atoms with Gasteiger partial charge in [-0.3, -0.25) is 9.69 Å². The van der Waals surface area contributed by atoms with Crippen molar-refractivity contribution in [1.29, 1.82) is 0 Å². The van der Waals surface area contributed by atoms with E-state index in [4.69, 9.17) is 4.52 Å². The summed E-state index contributed by atoms with van der Waals surface area (Å²) >= 11 is 0. The summed E-state index contributed by atoms with van der Waals surface area (Å²) in [5.74, 6) is 0.366. The first-order valence-corrected chi connectivity index (χ1v) is 13.5. The van der Waals surface area contributed by atoms with Crippen molar-refractivity contribution in [2.75, 3.05) is 32.7 Å². The summed E-state index contributed by atoms with van der Waals surface area (Å²) in [4.78, 5) is 15.5. The van der Waals surface area contributed by atoms with Gasteiger partial charge in [0.2, 0.25) is 10.0 Å². The van der Waals surface area contributed by atoms with E-state index in [0.29, 0.717) is 44.1 Å². The molecule has 9 heteroatoms. The van der Waals surface area contributed by atoms with Crippen molar-refractivity contribution < 1.29 is 17.7 Å². The highest BCUT2D eigenvalue weighted by Crippen LogP contribution is 2.27. The van der Waals surface area contributed by atoms with Crippen molar-refractivity contribution in [2.45, 2.75) is 52.0 Å². The van der Waals surface area contributed by atoms with Gasteiger partial charge in [0.1, 0.15) is 10.6 Å². The summed E-state index contributed by atoms with van der Waals surface area (Å²) in [7, 11) is -3.69. The lowest BCUT2D eigenvalue weighted by Gasteiger charge is -2.21. The first-order chi connectivity index (χ1) is 16.6. The Morgan fingerprint density at radius 1 is 1.06 bits per heavy atom. The highest BCUT2D eigenvalue weighted by atomic mass is 32.2. The van der Waals surface area contributed by atoms with E-state index in [9.17, 15) is 13.2 Å². The monoisotopic (exact) mass is 498 g/mol. The Labute approximate surface area is 207 Å². The molecule has 0 spiro atoms. The lowest BCUT2D eigenvalue weighted by atomic mass is 10.1. The standard InChI is InChI=1S/C26H34N4O4S/c1-18-16-24(21(4)30(18)20(3)23-10-7-6-8-11-23)25(31)17-28-12-9-13-29(15-14-28)35(32,33)26-19(2)27-34-22(26)5/h6-8,10-11,16,20H,9,12-15,17H2,1-5H3. The van der Waals surface area contributed by atoms with E-state index in [1.165, 1.54) is 9.87 Å². The third-order valence-electron chi connectivity index (χ3n) is 6.93. The Hall–Kier alpha value is -2.75. The molecule has 188 valence electrons. The van der Waals surface area contributed by atoms with Gasteiger partial charge in [-0.2, -0.15) is 4.31 Å². The van der Waals surface area contributed by atoms with Gasteiger partial charge in [-0.25, -0.2) is 8.42 Å². The maximum absolute atomic E-state index is 13.3. The number of rotatable bonds is 7. The van der Waals surface area contributed by atoms with E-state index < -0.39 is 10.0 Å². The molecule has 0 amide bonds. The van der Waals surface area contributed by atoms with Crippen molar-refractivity contribution in [1.82, 2.24) is 18.9 Å². The lowest BCUT2D eigenvalue weighted by Crippen LogP contribution is -2.37. The van der Waals surface area contributed by atoms with Crippen molar-refractivity contribution in [2.24, 2.45) is 0 Å². The molecule has 0 saturated carbocycles. The van der Waals surface area contributed by atoms with Gasteiger partial charge in [-0.05, 0) is 59.2 Å². The van der Waals surface area contributed by atoms with Crippen LogP contribution in [0.15, 0.2) is 45.8 Å². The molecular formula is C26H34N4O4S. The van der Waals surface area contributed by atoms with Gasteiger partial charge >= 0.3 is 0 Å². The molecule has 0 radical (unpaired) electrons. The predicted octanol–water partition coefficient (Wildman–Crippen LogP) is 3.90. The average Bonchev–Trinajstić information content (AvgIpc) is 3.20. The molecule has 4 rings (SSSR count). The van der Waals surface area contributed by atoms with Crippen LogP contribution in [0, 0.1) is 27.7 Å². The smallest absolute Gasteiger partial charge is 0.248 e. The summed E-state index contributed by atoms with van der Waals surface area (Å²) in [5.41, 5.74) is 4.31. The minimum Gasteiger partial charge on any atom is -0.360 e. The van der Waals surface area contributed by atoms with E-state index >= 15 is 0 Å². The van der Waals surface area contributed by atoms with Crippen LogP contribution in [0.3, 0.4) is 0 Å². The largest absolute Gasteiger partial charge is 0.360 e. The average molecular weight is 499 g/mol. The number of aromatic nitrogens is 2. The molecule has 1 fully saturated rings. The molecule has 1 saturated heterocycles. The Balaban J connectivity index is 1.46. The van der Waals surface area contributed by atoms with Gasteiger partial charge < -0.3 is 9.09 Å². The van der Waals surface area contributed by atoms with E-state index in [0.717, 1.165) is 17.0 Å². The molecule has 1 unspecified atom stereocenters. The molecule has 8 nitrogen and oxygen atoms in total. The number of aryl methyl sites for hydroxylation is 3. The first-order valence-electron chi connectivity index (χ1n) is 12.0. The number of benzene rings is 1. The molecule has 0 aliphatic carbocycles. The number of nitrogens with zero attached hydrogens (tertiary/aromatic N) is 4. The quantitative estimate of drug-likeness (QED) is 0.459. The van der Waals surface area contributed by atoms with Crippen LogP contribution in [-0.2, 0) is 10.0 Å². The van der Waals surface area contributed by atoms with Crippen LogP contribution in [0.2, 0.25) is 0 Å². The Kier molecular flexibility index (Phi) is 7.30. The second-order valence-corrected chi connectivity index (χ2v) is 11.2. The van der Waals surface area contributed by atoms with Crippen LogP contribution in [0.4, 0.5) is 0 Å². The van der Waals surface area contributed by atoms with Crippen molar-refractivity contribution in [3.05, 3.63) is 70.4 Å². The molecule has 3 aromatic rings. The molecule has 35 heavy (non-hydrogen) atoms. The van der Waals surface area contributed by atoms with Crippen LogP contribution in [0.25, 0.3) is 0 Å². The van der Waals surface area contributed by atoms with E-state index in [-0.39, 0.29) is 23.3 Å². The molecule has 2 aromatic heterocycles. The van der Waals surface area contributed by atoms with Crippen molar-refractivity contribution >= 4 is 15.8 Å². The van der Waals surface area contributed by atoms with E-state index in [1.54, 1.807) is 13.8 Å². The van der Waals surface area contributed by atoms with Crippen molar-refractivity contribution in [3.63, 3.8) is 0 Å². The summed E-state index contributed by atoms with van der Waals surface area (Å²) in [6.45, 7) is 11.6. The number of ketones is 1. The molecule has 3 heterocycles. The number of hydrogen-bond acceptors (Lipinski definition) is 6. The Bertz CT molecular complexity index is 1290. The Morgan fingerprint density at radius 2 is 1.77 bits per heavy atom. The Morgan fingerprint density at radius 3 is 2.43 bits per heavy atom. The molecule has 1 atom stereocenters. The van der Waals surface area contributed by atoms with Gasteiger partial charge in [-0.1, -0.05) is 35.5 Å². The SMILES string of the molecule is Cc1noc(C)c1S(=O)(=O)N1CCCN(CC(=O)c2cc(C)n(C(C)c3ccccc3)c2C)CC1. The zero-order valence-corrected chi connectivity index (χ0v) is 21.9. The summed E-state index contributed by atoms with van der Waals surface area (Å²) in [6, 6.07) is 12.4. The lowest BCUT2D eigenvalue weighted by molar-refractivity contribution is 0.0933. The molecule has 0 bridgehead atoms. The van der Waals surface area contributed by atoms with Gasteiger partial charge in [-0.15, -0.1) is 0 Å².